The normalized spacial score (nSPS) is 12.9. The Morgan fingerprint density at radius 2 is 0.962 bits per heavy atom. The first-order valence-electron chi connectivity index (χ1n) is 19.2. The van der Waals surface area contributed by atoms with Gasteiger partial charge in [-0.3, -0.25) is 0 Å². The van der Waals surface area contributed by atoms with Gasteiger partial charge in [0.15, 0.2) is 0 Å². The van der Waals surface area contributed by atoms with Crippen molar-refractivity contribution in [3.8, 4) is 11.1 Å². The van der Waals surface area contributed by atoms with Crippen molar-refractivity contribution in [2.24, 2.45) is 0 Å². The van der Waals surface area contributed by atoms with Crippen LogP contribution in [0.2, 0.25) is 0 Å². The number of benzene rings is 8. The van der Waals surface area contributed by atoms with Crippen LogP contribution in [0.1, 0.15) is 56.2 Å². The van der Waals surface area contributed by atoms with Gasteiger partial charge in [0.05, 0.1) is 16.6 Å². The van der Waals surface area contributed by atoms with Gasteiger partial charge >= 0.3 is 0 Å². The molecular weight excluding hydrogens is 655 g/mol. The molecule has 2 heteroatoms. The standard InChI is InChI=1S/C51H43NSi/c1-31(2)34-19-21-36-27-48-44(25-38(36)23-34)46-29-41(30-47-45-26-39-24-35(32(3)4)20-22-37(39)28-49(45)52(48)51(46)47)53(40-14-7-6-8-15-40)50-18-12-11-17-43(50)42-16-10-9-13-33(42)5/h6-32,53H,1-5H3. The Morgan fingerprint density at radius 3 is 1.53 bits per heavy atom. The minimum absolute atomic E-state index is 0.482. The minimum atomic E-state index is -1.99. The van der Waals surface area contributed by atoms with Crippen molar-refractivity contribution in [2.75, 3.05) is 0 Å². The molecule has 53 heavy (non-hydrogen) atoms. The fourth-order valence-corrected chi connectivity index (χ4v) is 12.3. The van der Waals surface area contributed by atoms with Gasteiger partial charge in [-0.1, -0.05) is 165 Å². The van der Waals surface area contributed by atoms with Gasteiger partial charge in [-0.15, -0.1) is 0 Å². The molecule has 1 atom stereocenters. The molecule has 0 radical (unpaired) electrons. The summed E-state index contributed by atoms with van der Waals surface area (Å²) in [5.41, 5.74) is 10.7. The number of nitrogens with zero attached hydrogens (tertiary/aromatic N) is 1. The molecule has 8 aromatic carbocycles. The van der Waals surface area contributed by atoms with Crippen molar-refractivity contribution < 1.29 is 0 Å². The number of fused-ring (bicyclic) bond motifs is 8. The van der Waals surface area contributed by atoms with Crippen molar-refractivity contribution >= 4 is 84.0 Å². The quantitative estimate of drug-likeness (QED) is 0.120. The molecule has 0 saturated heterocycles. The zero-order valence-electron chi connectivity index (χ0n) is 31.1. The van der Waals surface area contributed by atoms with E-state index in [1.54, 1.807) is 0 Å². The highest BCUT2D eigenvalue weighted by atomic mass is 28.3. The maximum Gasteiger partial charge on any atom is 0.133 e. The lowest BCUT2D eigenvalue weighted by Gasteiger charge is -2.22. The third-order valence-electron chi connectivity index (χ3n) is 11.9. The molecule has 10 aromatic rings. The van der Waals surface area contributed by atoms with Crippen LogP contribution in [0.15, 0.2) is 152 Å². The lowest BCUT2D eigenvalue weighted by molar-refractivity contribution is 0.869. The Hall–Kier alpha value is -5.70. The number of rotatable bonds is 6. The van der Waals surface area contributed by atoms with Crippen molar-refractivity contribution in [1.29, 1.82) is 0 Å². The smallest absolute Gasteiger partial charge is 0.133 e. The Morgan fingerprint density at radius 1 is 0.434 bits per heavy atom. The summed E-state index contributed by atoms with van der Waals surface area (Å²) in [5, 5.41) is 15.0. The van der Waals surface area contributed by atoms with Crippen LogP contribution in [-0.2, 0) is 0 Å². The first-order valence-corrected chi connectivity index (χ1v) is 20.9. The Labute approximate surface area is 313 Å². The fourth-order valence-electron chi connectivity index (χ4n) is 9.04. The van der Waals surface area contributed by atoms with E-state index in [4.69, 9.17) is 0 Å². The lowest BCUT2D eigenvalue weighted by Crippen LogP contribution is -2.52. The van der Waals surface area contributed by atoms with Crippen molar-refractivity contribution in [2.45, 2.75) is 46.5 Å². The van der Waals surface area contributed by atoms with E-state index in [0.717, 1.165) is 0 Å². The van der Waals surface area contributed by atoms with E-state index in [0.29, 0.717) is 11.8 Å². The maximum absolute atomic E-state index is 2.58. The highest BCUT2D eigenvalue weighted by Crippen LogP contribution is 2.42. The van der Waals surface area contributed by atoms with Gasteiger partial charge < -0.3 is 4.40 Å². The predicted molar refractivity (Wildman–Crippen MR) is 233 cm³/mol. The lowest BCUT2D eigenvalue weighted by atomic mass is 9.97. The monoisotopic (exact) mass is 697 g/mol. The van der Waals surface area contributed by atoms with E-state index in [-0.39, 0.29) is 0 Å². The molecular formula is C51H43NSi. The summed E-state index contributed by atoms with van der Waals surface area (Å²) in [7, 11) is -1.99. The second-order valence-corrected chi connectivity index (χ2v) is 18.6. The summed E-state index contributed by atoms with van der Waals surface area (Å²) in [6, 6.07) is 58.5. The van der Waals surface area contributed by atoms with Gasteiger partial charge in [0.25, 0.3) is 0 Å². The predicted octanol–water partition coefficient (Wildman–Crippen LogP) is 11.6. The van der Waals surface area contributed by atoms with Crippen molar-refractivity contribution in [1.82, 2.24) is 4.40 Å². The third kappa shape index (κ3) is 5.04. The molecule has 256 valence electrons. The Balaban J connectivity index is 1.34. The second-order valence-electron chi connectivity index (χ2n) is 15.8. The molecule has 0 fully saturated rings. The highest BCUT2D eigenvalue weighted by Gasteiger charge is 2.27. The molecule has 0 aliphatic carbocycles. The molecule has 0 N–H and O–H groups in total. The van der Waals surface area contributed by atoms with E-state index in [1.165, 1.54) is 103 Å². The summed E-state index contributed by atoms with van der Waals surface area (Å²) >= 11 is 0. The summed E-state index contributed by atoms with van der Waals surface area (Å²) in [4.78, 5) is 0. The molecule has 1 unspecified atom stereocenters. The summed E-state index contributed by atoms with van der Waals surface area (Å²) in [6.45, 7) is 11.4. The molecule has 2 aromatic heterocycles. The van der Waals surface area contributed by atoms with Gasteiger partial charge in [-0.2, -0.15) is 0 Å². The van der Waals surface area contributed by atoms with Crippen LogP contribution in [0.5, 0.6) is 0 Å². The third-order valence-corrected chi connectivity index (χ3v) is 15.1. The summed E-state index contributed by atoms with van der Waals surface area (Å²) in [6.07, 6.45) is 0. The first-order chi connectivity index (χ1) is 25.8. The Kier molecular flexibility index (Phi) is 7.35. The van der Waals surface area contributed by atoms with Gasteiger partial charge in [0, 0.05) is 21.5 Å². The van der Waals surface area contributed by atoms with E-state index in [1.807, 2.05) is 0 Å². The molecule has 1 nitrogen and oxygen atoms in total. The van der Waals surface area contributed by atoms with E-state index < -0.39 is 8.80 Å². The van der Waals surface area contributed by atoms with Gasteiger partial charge in [0.1, 0.15) is 8.80 Å². The van der Waals surface area contributed by atoms with Crippen LogP contribution in [0, 0.1) is 6.92 Å². The molecule has 0 amide bonds. The van der Waals surface area contributed by atoms with Crippen LogP contribution in [0.4, 0.5) is 0 Å². The average molecular weight is 698 g/mol. The van der Waals surface area contributed by atoms with Crippen molar-refractivity contribution in [3.05, 3.63) is 168 Å². The number of hydrogen-bond acceptors (Lipinski definition) is 0. The van der Waals surface area contributed by atoms with E-state index in [9.17, 15) is 0 Å². The van der Waals surface area contributed by atoms with Gasteiger partial charge in [-0.05, 0) is 97.6 Å². The SMILES string of the molecule is Cc1ccccc1-c1ccccc1[SiH](c1ccccc1)c1cc2c3cc4cc(C(C)C)ccc4cc3n3c4cc5ccc(C(C)C)cc5cc4c(c1)c23. The van der Waals surface area contributed by atoms with Crippen molar-refractivity contribution in [3.63, 3.8) is 0 Å². The molecule has 0 spiro atoms. The molecule has 0 bridgehead atoms. The Bertz CT molecular complexity index is 2880. The molecule has 0 saturated carbocycles. The molecule has 0 aliphatic heterocycles. The summed E-state index contributed by atoms with van der Waals surface area (Å²) in [5.74, 6) is 0.965. The van der Waals surface area contributed by atoms with Crippen LogP contribution in [0.25, 0.3) is 70.8 Å². The summed E-state index contributed by atoms with van der Waals surface area (Å²) < 4.78 is 2.57. The van der Waals surface area contributed by atoms with Crippen LogP contribution < -0.4 is 15.6 Å². The van der Waals surface area contributed by atoms with E-state index >= 15 is 0 Å². The second kappa shape index (κ2) is 12.2. The number of aryl methyl sites for hydroxylation is 1. The van der Waals surface area contributed by atoms with Crippen LogP contribution in [-0.4, -0.2) is 13.2 Å². The fraction of sp³-hybridized carbons (Fsp3) is 0.137. The number of hydrogen-bond donors (Lipinski definition) is 0. The first kappa shape index (κ1) is 32.0. The average Bonchev–Trinajstić information content (AvgIpc) is 3.67. The molecule has 0 aliphatic rings. The molecule has 2 heterocycles. The zero-order chi connectivity index (χ0) is 36.0. The zero-order valence-corrected chi connectivity index (χ0v) is 32.3. The van der Waals surface area contributed by atoms with Crippen LogP contribution in [0.3, 0.4) is 0 Å². The minimum Gasteiger partial charge on any atom is -0.308 e. The van der Waals surface area contributed by atoms with Gasteiger partial charge in [0.2, 0.25) is 0 Å². The van der Waals surface area contributed by atoms with E-state index in [2.05, 4.69) is 191 Å². The topological polar surface area (TPSA) is 4.41 Å². The largest absolute Gasteiger partial charge is 0.308 e. The maximum atomic E-state index is 2.58. The van der Waals surface area contributed by atoms with Gasteiger partial charge in [-0.25, -0.2) is 0 Å². The molecule has 10 rings (SSSR count). The van der Waals surface area contributed by atoms with Crippen LogP contribution >= 0.6 is 0 Å². The number of aromatic nitrogens is 1. The highest BCUT2D eigenvalue weighted by molar-refractivity contribution is 6.96.